The van der Waals surface area contributed by atoms with Crippen LogP contribution in [0.5, 0.6) is 0 Å². The second-order valence-electron chi connectivity index (χ2n) is 5.19. The van der Waals surface area contributed by atoms with Crippen LogP contribution in [0.4, 0.5) is 5.69 Å². The summed E-state index contributed by atoms with van der Waals surface area (Å²) < 4.78 is 0. The molecule has 1 saturated heterocycles. The topological polar surface area (TPSA) is 87.6 Å². The molecule has 2 fully saturated rings. The standard InChI is InChI=1S/C14H14N2O4/c17-12-8-4-1-2-5-9(8)13(18)16(12)10-6-3-7-15-11(10)14(19)20/h3,6-9H,1-2,4-5H2,(H,19,20). The van der Waals surface area contributed by atoms with Gasteiger partial charge in [-0.15, -0.1) is 0 Å². The molecular formula is C14H14N2O4. The maximum Gasteiger partial charge on any atom is 0.356 e. The summed E-state index contributed by atoms with van der Waals surface area (Å²) in [6, 6.07) is 2.99. The first-order valence-electron chi connectivity index (χ1n) is 6.67. The Balaban J connectivity index is 2.04. The highest BCUT2D eigenvalue weighted by molar-refractivity contribution is 6.23. The van der Waals surface area contributed by atoms with Crippen molar-refractivity contribution in [2.24, 2.45) is 11.8 Å². The molecule has 0 radical (unpaired) electrons. The smallest absolute Gasteiger partial charge is 0.356 e. The number of carboxylic acids is 1. The van der Waals surface area contributed by atoms with E-state index < -0.39 is 5.97 Å². The van der Waals surface area contributed by atoms with Gasteiger partial charge in [-0.1, -0.05) is 12.8 Å². The molecule has 2 unspecified atom stereocenters. The lowest BCUT2D eigenvalue weighted by molar-refractivity contribution is -0.122. The first-order valence-corrected chi connectivity index (χ1v) is 6.67. The molecule has 1 aliphatic heterocycles. The minimum absolute atomic E-state index is 0.0874. The molecule has 0 spiro atoms. The van der Waals surface area contributed by atoms with Crippen molar-refractivity contribution in [2.45, 2.75) is 25.7 Å². The van der Waals surface area contributed by atoms with Gasteiger partial charge >= 0.3 is 5.97 Å². The molecule has 2 atom stereocenters. The van der Waals surface area contributed by atoms with Gasteiger partial charge in [-0.05, 0) is 25.0 Å². The van der Waals surface area contributed by atoms with Crippen LogP contribution in [0.25, 0.3) is 0 Å². The Morgan fingerprint density at radius 2 is 1.80 bits per heavy atom. The molecule has 1 aromatic rings. The SMILES string of the molecule is O=C(O)c1ncccc1N1C(=O)C2CCCCC2C1=O. The van der Waals surface area contributed by atoms with E-state index in [0.29, 0.717) is 12.8 Å². The van der Waals surface area contributed by atoms with Crippen molar-refractivity contribution < 1.29 is 19.5 Å². The van der Waals surface area contributed by atoms with Crippen molar-refractivity contribution >= 4 is 23.5 Å². The minimum Gasteiger partial charge on any atom is -0.476 e. The lowest BCUT2D eigenvalue weighted by Gasteiger charge is -2.19. The van der Waals surface area contributed by atoms with Crippen LogP contribution >= 0.6 is 0 Å². The molecule has 6 nitrogen and oxygen atoms in total. The third kappa shape index (κ3) is 1.79. The molecule has 2 aliphatic rings. The van der Waals surface area contributed by atoms with E-state index in [9.17, 15) is 14.4 Å². The van der Waals surface area contributed by atoms with Gasteiger partial charge in [0.15, 0.2) is 5.69 Å². The molecule has 3 rings (SSSR count). The number of aromatic nitrogens is 1. The molecule has 2 amide bonds. The summed E-state index contributed by atoms with van der Waals surface area (Å²) in [7, 11) is 0. The van der Waals surface area contributed by atoms with Crippen LogP contribution in [0.3, 0.4) is 0 Å². The normalized spacial score (nSPS) is 25.7. The van der Waals surface area contributed by atoms with E-state index in [4.69, 9.17) is 5.11 Å². The van der Waals surface area contributed by atoms with E-state index in [1.54, 1.807) is 0 Å². The summed E-state index contributed by atoms with van der Waals surface area (Å²) in [6.45, 7) is 0. The molecule has 0 bridgehead atoms. The van der Waals surface area contributed by atoms with Crippen molar-refractivity contribution in [3.8, 4) is 0 Å². The lowest BCUT2D eigenvalue weighted by Crippen LogP contribution is -2.32. The van der Waals surface area contributed by atoms with Crippen LogP contribution < -0.4 is 4.90 Å². The van der Waals surface area contributed by atoms with E-state index in [0.717, 1.165) is 17.7 Å². The summed E-state index contributed by atoms with van der Waals surface area (Å²) in [5.74, 6) is -2.39. The summed E-state index contributed by atoms with van der Waals surface area (Å²) in [5.41, 5.74) is -0.169. The van der Waals surface area contributed by atoms with Gasteiger partial charge in [-0.3, -0.25) is 9.59 Å². The molecule has 2 heterocycles. The van der Waals surface area contributed by atoms with Crippen molar-refractivity contribution in [3.05, 3.63) is 24.0 Å². The Labute approximate surface area is 115 Å². The Hall–Kier alpha value is -2.24. The molecule has 1 saturated carbocycles. The molecule has 0 aromatic carbocycles. The second-order valence-corrected chi connectivity index (χ2v) is 5.19. The van der Waals surface area contributed by atoms with E-state index in [2.05, 4.69) is 4.98 Å². The summed E-state index contributed by atoms with van der Waals surface area (Å²) in [6.07, 6.45) is 4.62. The highest BCUT2D eigenvalue weighted by atomic mass is 16.4. The van der Waals surface area contributed by atoms with Crippen LogP contribution in [0, 0.1) is 11.8 Å². The molecule has 1 N–H and O–H groups in total. The Kier molecular flexibility index (Phi) is 3.00. The number of hydrogen-bond acceptors (Lipinski definition) is 4. The van der Waals surface area contributed by atoms with Gasteiger partial charge in [0.25, 0.3) is 0 Å². The van der Waals surface area contributed by atoms with Gasteiger partial charge in [-0.25, -0.2) is 14.7 Å². The van der Waals surface area contributed by atoms with E-state index in [1.807, 2.05) is 0 Å². The zero-order chi connectivity index (χ0) is 14.3. The van der Waals surface area contributed by atoms with Gasteiger partial charge in [0.1, 0.15) is 0 Å². The van der Waals surface area contributed by atoms with Crippen molar-refractivity contribution in [1.82, 2.24) is 4.98 Å². The fraction of sp³-hybridized carbons (Fsp3) is 0.429. The molecular weight excluding hydrogens is 260 g/mol. The summed E-state index contributed by atoms with van der Waals surface area (Å²) >= 11 is 0. The van der Waals surface area contributed by atoms with Gasteiger partial charge in [0.2, 0.25) is 11.8 Å². The quantitative estimate of drug-likeness (QED) is 0.825. The predicted octanol–water partition coefficient (Wildman–Crippen LogP) is 1.46. The Morgan fingerprint density at radius 3 is 2.35 bits per heavy atom. The number of aromatic carboxylic acids is 1. The largest absolute Gasteiger partial charge is 0.476 e. The van der Waals surface area contributed by atoms with Crippen LogP contribution in [0.2, 0.25) is 0 Å². The van der Waals surface area contributed by atoms with E-state index in [-0.39, 0.29) is 35.0 Å². The molecule has 6 heteroatoms. The van der Waals surface area contributed by atoms with Gasteiger partial charge in [-0.2, -0.15) is 0 Å². The van der Waals surface area contributed by atoms with Gasteiger partial charge in [0.05, 0.1) is 17.5 Å². The van der Waals surface area contributed by atoms with Gasteiger partial charge < -0.3 is 5.11 Å². The third-order valence-corrected chi connectivity index (χ3v) is 4.07. The number of rotatable bonds is 2. The average molecular weight is 274 g/mol. The van der Waals surface area contributed by atoms with Gasteiger partial charge in [0, 0.05) is 6.20 Å². The number of nitrogens with zero attached hydrogens (tertiary/aromatic N) is 2. The van der Waals surface area contributed by atoms with Crippen LogP contribution in [-0.2, 0) is 9.59 Å². The van der Waals surface area contributed by atoms with Crippen LogP contribution in [0.1, 0.15) is 36.2 Å². The molecule has 1 aromatic heterocycles. The number of carbonyl (C=O) groups excluding carboxylic acids is 2. The van der Waals surface area contributed by atoms with E-state index in [1.165, 1.54) is 18.3 Å². The fourth-order valence-electron chi connectivity index (χ4n) is 3.14. The number of fused-ring (bicyclic) bond motifs is 1. The number of amides is 2. The second kappa shape index (κ2) is 4.70. The first kappa shape index (κ1) is 12.8. The number of pyridine rings is 1. The molecule has 20 heavy (non-hydrogen) atoms. The molecule has 1 aliphatic carbocycles. The van der Waals surface area contributed by atoms with Crippen molar-refractivity contribution in [3.63, 3.8) is 0 Å². The summed E-state index contributed by atoms with van der Waals surface area (Å²) in [5, 5.41) is 9.15. The van der Waals surface area contributed by atoms with Crippen molar-refractivity contribution in [2.75, 3.05) is 4.90 Å². The number of imide groups is 1. The first-order chi connectivity index (χ1) is 9.61. The van der Waals surface area contributed by atoms with Crippen LogP contribution in [-0.4, -0.2) is 27.9 Å². The maximum absolute atomic E-state index is 12.4. The maximum atomic E-state index is 12.4. The fourth-order valence-corrected chi connectivity index (χ4v) is 3.14. The molecule has 104 valence electrons. The van der Waals surface area contributed by atoms with E-state index >= 15 is 0 Å². The number of carbonyl (C=O) groups is 3. The monoisotopic (exact) mass is 274 g/mol. The number of anilines is 1. The predicted molar refractivity (Wildman–Crippen MR) is 69.1 cm³/mol. The van der Waals surface area contributed by atoms with Crippen molar-refractivity contribution in [1.29, 1.82) is 0 Å². The third-order valence-electron chi connectivity index (χ3n) is 4.07. The zero-order valence-electron chi connectivity index (χ0n) is 10.8. The zero-order valence-corrected chi connectivity index (χ0v) is 10.8. The number of carboxylic acid groups (broad SMARTS) is 1. The number of hydrogen-bond donors (Lipinski definition) is 1. The minimum atomic E-state index is -1.24. The highest BCUT2D eigenvalue weighted by Gasteiger charge is 2.49. The Morgan fingerprint density at radius 1 is 1.20 bits per heavy atom. The van der Waals surface area contributed by atoms with Crippen LogP contribution in [0.15, 0.2) is 18.3 Å². The Bertz CT molecular complexity index is 575. The summed E-state index contributed by atoms with van der Waals surface area (Å²) in [4.78, 5) is 40.8. The lowest BCUT2D eigenvalue weighted by atomic mass is 9.81. The highest BCUT2D eigenvalue weighted by Crippen LogP contribution is 2.40. The average Bonchev–Trinajstić information content (AvgIpc) is 2.71.